The number of aromatic amines is 1. The predicted octanol–water partition coefficient (Wildman–Crippen LogP) is 5.52. The fourth-order valence-corrected chi connectivity index (χ4v) is 4.96. The smallest absolute Gasteiger partial charge is 0.275 e. The molecule has 2 N–H and O–H groups in total. The number of nitrogens with zero attached hydrogens (tertiary/aromatic N) is 3. The maximum absolute atomic E-state index is 13.5. The van der Waals surface area contributed by atoms with Crippen LogP contribution < -0.4 is 10.2 Å². The number of halogens is 1. The zero-order chi connectivity index (χ0) is 23.7. The molecule has 0 radical (unpaired) electrons. The van der Waals surface area contributed by atoms with E-state index in [-0.39, 0.29) is 11.8 Å². The van der Waals surface area contributed by atoms with Gasteiger partial charge in [0.05, 0.1) is 22.8 Å². The second-order valence-corrected chi connectivity index (χ2v) is 9.49. The van der Waals surface area contributed by atoms with Gasteiger partial charge in [-0.15, -0.1) is 11.3 Å². The van der Waals surface area contributed by atoms with E-state index in [1.807, 2.05) is 48.5 Å². The summed E-state index contributed by atoms with van der Waals surface area (Å²) in [5, 5.41) is 5.16. The zero-order valence-corrected chi connectivity index (χ0v) is 20.0. The van der Waals surface area contributed by atoms with Gasteiger partial charge in [-0.1, -0.05) is 42.3 Å². The quantitative estimate of drug-likeness (QED) is 0.371. The molecule has 5 rings (SSSR count). The average molecular weight is 492 g/mol. The molecule has 0 unspecified atom stereocenters. The standard InChI is InChI=1S/C25H22ClN5O2S/c1-31(23(33)25(10-3-11-25)17-4-2-5-18(26)12-17)24-27-13-20(30-24)16-6-8-19(9-7-16)29-22(32)21-14-34-15-28-21/h2,4-9,12-15H,3,10-11H2,1H3,(H,27,30)(H,29,32). The van der Waals surface area contributed by atoms with Crippen LogP contribution in [0.3, 0.4) is 0 Å². The number of hydrogen-bond donors (Lipinski definition) is 2. The highest BCUT2D eigenvalue weighted by Gasteiger charge is 2.47. The molecule has 34 heavy (non-hydrogen) atoms. The Labute approximate surface area is 205 Å². The topological polar surface area (TPSA) is 91.0 Å². The summed E-state index contributed by atoms with van der Waals surface area (Å²) in [7, 11) is 1.74. The first kappa shape index (κ1) is 22.3. The molecule has 7 nitrogen and oxygen atoms in total. The largest absolute Gasteiger partial charge is 0.324 e. The number of nitrogens with one attached hydrogen (secondary N) is 2. The predicted molar refractivity (Wildman–Crippen MR) is 134 cm³/mol. The SMILES string of the molecule is CN(C(=O)C1(c2cccc(Cl)c2)CCC1)c1ncc(-c2ccc(NC(=O)c3cscn3)cc2)[nH]1. The van der Waals surface area contributed by atoms with E-state index in [2.05, 4.69) is 20.3 Å². The molecule has 2 aromatic carbocycles. The lowest BCUT2D eigenvalue weighted by atomic mass is 9.63. The number of rotatable bonds is 6. The molecule has 1 aliphatic carbocycles. The van der Waals surface area contributed by atoms with Crippen molar-refractivity contribution in [3.05, 3.63) is 81.9 Å². The molecule has 9 heteroatoms. The summed E-state index contributed by atoms with van der Waals surface area (Å²) in [6.45, 7) is 0. The van der Waals surface area contributed by atoms with Crippen molar-refractivity contribution in [3.8, 4) is 11.3 Å². The Bertz CT molecular complexity index is 1330. The van der Waals surface area contributed by atoms with Crippen molar-refractivity contribution in [2.75, 3.05) is 17.3 Å². The Morgan fingerprint density at radius 3 is 2.59 bits per heavy atom. The fourth-order valence-electron chi connectivity index (χ4n) is 4.24. The molecule has 2 aromatic heterocycles. The van der Waals surface area contributed by atoms with E-state index in [9.17, 15) is 9.59 Å². The van der Waals surface area contributed by atoms with Crippen molar-refractivity contribution < 1.29 is 9.59 Å². The summed E-state index contributed by atoms with van der Waals surface area (Å²) < 4.78 is 0. The van der Waals surface area contributed by atoms with Gasteiger partial charge in [0.15, 0.2) is 0 Å². The molecule has 2 amide bonds. The van der Waals surface area contributed by atoms with Gasteiger partial charge >= 0.3 is 0 Å². The minimum Gasteiger partial charge on any atom is -0.324 e. The molecule has 0 spiro atoms. The molecular formula is C25H22ClN5O2S. The molecule has 0 aliphatic heterocycles. The van der Waals surface area contributed by atoms with Crippen molar-refractivity contribution in [1.82, 2.24) is 15.0 Å². The lowest BCUT2D eigenvalue weighted by molar-refractivity contribution is -0.126. The van der Waals surface area contributed by atoms with E-state index >= 15 is 0 Å². The minimum atomic E-state index is -0.566. The third-order valence-corrected chi connectivity index (χ3v) is 7.12. The molecule has 172 valence electrons. The molecule has 0 atom stereocenters. The van der Waals surface area contributed by atoms with Gasteiger partial charge in [-0.3, -0.25) is 14.5 Å². The molecule has 0 saturated heterocycles. The number of H-pyrrole nitrogens is 1. The Kier molecular flexibility index (Phi) is 5.93. The van der Waals surface area contributed by atoms with Crippen molar-refractivity contribution >= 4 is 46.4 Å². The van der Waals surface area contributed by atoms with E-state index in [4.69, 9.17) is 11.6 Å². The number of carbonyl (C=O) groups is 2. The van der Waals surface area contributed by atoms with Gasteiger partial charge in [0, 0.05) is 23.1 Å². The van der Waals surface area contributed by atoms with Gasteiger partial charge < -0.3 is 10.3 Å². The van der Waals surface area contributed by atoms with Crippen LogP contribution in [0.25, 0.3) is 11.3 Å². The molecule has 1 aliphatic rings. The van der Waals surface area contributed by atoms with Gasteiger partial charge in [0.1, 0.15) is 5.69 Å². The van der Waals surface area contributed by atoms with E-state index in [1.165, 1.54) is 11.3 Å². The van der Waals surface area contributed by atoms with E-state index in [1.54, 1.807) is 29.0 Å². The normalized spacial score (nSPS) is 14.3. The van der Waals surface area contributed by atoms with Gasteiger partial charge in [-0.25, -0.2) is 9.97 Å². The Morgan fingerprint density at radius 2 is 1.94 bits per heavy atom. The second-order valence-electron chi connectivity index (χ2n) is 8.34. The van der Waals surface area contributed by atoms with Crippen LogP contribution in [-0.2, 0) is 10.2 Å². The maximum atomic E-state index is 13.5. The number of imidazole rings is 1. The molecular weight excluding hydrogens is 470 g/mol. The third-order valence-electron chi connectivity index (χ3n) is 6.30. The fraction of sp³-hybridized carbons (Fsp3) is 0.200. The minimum absolute atomic E-state index is 0.00187. The number of likely N-dealkylation sites (N-methyl/N-ethyl adjacent to an activating group) is 1. The van der Waals surface area contributed by atoms with Crippen LogP contribution in [0, 0.1) is 0 Å². The summed E-state index contributed by atoms with van der Waals surface area (Å²) in [5.74, 6) is 0.235. The van der Waals surface area contributed by atoms with Crippen LogP contribution in [-0.4, -0.2) is 33.8 Å². The van der Waals surface area contributed by atoms with Crippen LogP contribution in [0.5, 0.6) is 0 Å². The molecule has 0 bridgehead atoms. The highest BCUT2D eigenvalue weighted by molar-refractivity contribution is 7.07. The number of anilines is 2. The van der Waals surface area contributed by atoms with Crippen molar-refractivity contribution in [3.63, 3.8) is 0 Å². The van der Waals surface area contributed by atoms with Crippen LogP contribution >= 0.6 is 22.9 Å². The van der Waals surface area contributed by atoms with Crippen LogP contribution in [0.15, 0.2) is 65.6 Å². The number of carbonyl (C=O) groups excluding carboxylic acids is 2. The van der Waals surface area contributed by atoms with Crippen molar-refractivity contribution in [2.45, 2.75) is 24.7 Å². The van der Waals surface area contributed by atoms with E-state index in [0.29, 0.717) is 22.4 Å². The number of hydrogen-bond acceptors (Lipinski definition) is 5. The monoisotopic (exact) mass is 491 g/mol. The first-order chi connectivity index (χ1) is 16.5. The summed E-state index contributed by atoms with van der Waals surface area (Å²) >= 11 is 7.57. The molecule has 1 fully saturated rings. The van der Waals surface area contributed by atoms with Crippen LogP contribution in [0.1, 0.15) is 35.3 Å². The third kappa shape index (κ3) is 4.10. The molecule has 1 saturated carbocycles. The van der Waals surface area contributed by atoms with Crippen molar-refractivity contribution in [1.29, 1.82) is 0 Å². The van der Waals surface area contributed by atoms with Gasteiger partial charge in [-0.05, 0) is 48.2 Å². The lowest BCUT2D eigenvalue weighted by Crippen LogP contribution is -2.50. The zero-order valence-electron chi connectivity index (χ0n) is 18.4. The number of thiazole rings is 1. The summed E-state index contributed by atoms with van der Waals surface area (Å²) in [6.07, 6.45) is 4.28. The van der Waals surface area contributed by atoms with Crippen molar-refractivity contribution in [2.24, 2.45) is 0 Å². The molecule has 4 aromatic rings. The Hall–Kier alpha value is -3.49. The van der Waals surface area contributed by atoms with E-state index in [0.717, 1.165) is 36.1 Å². The summed E-state index contributed by atoms with van der Waals surface area (Å²) in [6, 6.07) is 15.0. The number of amides is 2. The average Bonchev–Trinajstić information content (AvgIpc) is 3.51. The maximum Gasteiger partial charge on any atom is 0.275 e. The highest BCUT2D eigenvalue weighted by atomic mass is 35.5. The Balaban J connectivity index is 1.31. The summed E-state index contributed by atoms with van der Waals surface area (Å²) in [5.41, 5.74) is 4.73. The molecule has 2 heterocycles. The first-order valence-electron chi connectivity index (χ1n) is 10.9. The van der Waals surface area contributed by atoms with Gasteiger partial charge in [0.25, 0.3) is 5.91 Å². The van der Waals surface area contributed by atoms with E-state index < -0.39 is 5.41 Å². The van der Waals surface area contributed by atoms with Gasteiger partial charge in [0.2, 0.25) is 11.9 Å². The lowest BCUT2D eigenvalue weighted by Gasteiger charge is -2.42. The van der Waals surface area contributed by atoms with Crippen LogP contribution in [0.4, 0.5) is 11.6 Å². The number of benzene rings is 2. The van der Waals surface area contributed by atoms with Crippen LogP contribution in [0.2, 0.25) is 5.02 Å². The number of aromatic nitrogens is 3. The second kappa shape index (κ2) is 9.04. The highest BCUT2D eigenvalue weighted by Crippen LogP contribution is 2.46. The van der Waals surface area contributed by atoms with Gasteiger partial charge in [-0.2, -0.15) is 0 Å². The Morgan fingerprint density at radius 1 is 1.15 bits per heavy atom. The summed E-state index contributed by atoms with van der Waals surface area (Å²) in [4.78, 5) is 39.0. The first-order valence-corrected chi connectivity index (χ1v) is 12.2.